The number of hydrogen-bond donors (Lipinski definition) is 1. The smallest absolute Gasteiger partial charge is 0.356 e. The number of carbonyl (C=O) groups is 2. The lowest BCUT2D eigenvalue weighted by molar-refractivity contribution is 0.0674. The number of aromatic nitrogens is 2. The summed E-state index contributed by atoms with van der Waals surface area (Å²) in [5, 5.41) is 13.5. The van der Waals surface area contributed by atoms with Gasteiger partial charge in [-0.05, 0) is 17.7 Å². The predicted molar refractivity (Wildman–Crippen MR) is 100 cm³/mol. The summed E-state index contributed by atoms with van der Waals surface area (Å²) in [5.41, 5.74) is 2.61. The van der Waals surface area contributed by atoms with Gasteiger partial charge in [-0.3, -0.25) is 9.48 Å². The third-order valence-electron chi connectivity index (χ3n) is 5.05. The number of hydrogen-bond acceptors (Lipinski definition) is 3. The monoisotopic (exact) mass is 379 g/mol. The van der Waals surface area contributed by atoms with Crippen molar-refractivity contribution in [3.05, 3.63) is 76.9 Å². The summed E-state index contributed by atoms with van der Waals surface area (Å²) < 4.78 is 15.9. The van der Waals surface area contributed by atoms with Crippen LogP contribution in [0.15, 0.2) is 48.5 Å². The van der Waals surface area contributed by atoms with Crippen LogP contribution < -0.4 is 0 Å². The first-order valence-corrected chi connectivity index (χ1v) is 8.88. The van der Waals surface area contributed by atoms with Crippen LogP contribution >= 0.6 is 0 Å². The summed E-state index contributed by atoms with van der Waals surface area (Å²) in [5.74, 6) is -1.77. The lowest BCUT2D eigenvalue weighted by Gasteiger charge is -2.28. The zero-order valence-corrected chi connectivity index (χ0v) is 15.2. The Morgan fingerprint density at radius 3 is 2.46 bits per heavy atom. The second kappa shape index (κ2) is 6.92. The number of aryl methyl sites for hydroxylation is 1. The quantitative estimate of drug-likeness (QED) is 0.759. The van der Waals surface area contributed by atoms with Crippen LogP contribution in [-0.2, 0) is 20.0 Å². The molecule has 2 aromatic carbocycles. The molecule has 1 aromatic heterocycles. The molecule has 3 aromatic rings. The summed E-state index contributed by atoms with van der Waals surface area (Å²) in [4.78, 5) is 26.3. The molecule has 0 radical (unpaired) electrons. The van der Waals surface area contributed by atoms with Gasteiger partial charge in [-0.2, -0.15) is 5.10 Å². The van der Waals surface area contributed by atoms with Crippen molar-refractivity contribution in [1.82, 2.24) is 14.7 Å². The molecule has 0 bridgehead atoms. The van der Waals surface area contributed by atoms with E-state index < -0.39 is 11.8 Å². The lowest BCUT2D eigenvalue weighted by Crippen LogP contribution is -2.37. The minimum atomic E-state index is -1.11. The molecule has 0 atom stereocenters. The van der Waals surface area contributed by atoms with Crippen LogP contribution in [-0.4, -0.2) is 38.2 Å². The van der Waals surface area contributed by atoms with Gasteiger partial charge in [-0.1, -0.05) is 36.4 Å². The molecular weight excluding hydrogens is 361 g/mol. The molecule has 6 nitrogen and oxygen atoms in total. The topological polar surface area (TPSA) is 75.4 Å². The zero-order chi connectivity index (χ0) is 19.8. The number of benzene rings is 2. The first-order valence-electron chi connectivity index (χ1n) is 8.88. The maximum Gasteiger partial charge on any atom is 0.356 e. The van der Waals surface area contributed by atoms with Crippen molar-refractivity contribution < 1.29 is 19.1 Å². The fourth-order valence-electron chi connectivity index (χ4n) is 3.69. The number of halogens is 1. The highest BCUT2D eigenvalue weighted by Crippen LogP contribution is 2.29. The van der Waals surface area contributed by atoms with Crippen LogP contribution in [0.25, 0.3) is 11.1 Å². The van der Waals surface area contributed by atoms with E-state index in [0.717, 1.165) is 5.69 Å². The van der Waals surface area contributed by atoms with E-state index in [1.807, 2.05) is 0 Å². The van der Waals surface area contributed by atoms with E-state index in [0.29, 0.717) is 35.2 Å². The van der Waals surface area contributed by atoms with Crippen molar-refractivity contribution in [2.45, 2.75) is 13.0 Å². The van der Waals surface area contributed by atoms with Crippen molar-refractivity contribution >= 4 is 11.9 Å². The molecule has 7 heteroatoms. The molecule has 1 N–H and O–H groups in total. The minimum absolute atomic E-state index is 0.0302. The maximum atomic E-state index is 14.3. The average molecular weight is 379 g/mol. The number of carbonyl (C=O) groups excluding carboxylic acids is 1. The van der Waals surface area contributed by atoms with E-state index in [-0.39, 0.29) is 18.1 Å². The second-order valence-corrected chi connectivity index (χ2v) is 6.70. The van der Waals surface area contributed by atoms with Crippen LogP contribution in [0.2, 0.25) is 0 Å². The number of fused-ring (bicyclic) bond motifs is 1. The normalized spacial score (nSPS) is 13.3. The molecule has 142 valence electrons. The summed E-state index contributed by atoms with van der Waals surface area (Å²) in [6.45, 7) is 0.602. The van der Waals surface area contributed by atoms with Gasteiger partial charge in [0.2, 0.25) is 0 Å². The highest BCUT2D eigenvalue weighted by molar-refractivity contribution is 6.01. The van der Waals surface area contributed by atoms with Gasteiger partial charge < -0.3 is 10.0 Å². The Bertz CT molecular complexity index is 1090. The fourth-order valence-corrected chi connectivity index (χ4v) is 3.69. The van der Waals surface area contributed by atoms with E-state index >= 15 is 0 Å². The van der Waals surface area contributed by atoms with Crippen molar-refractivity contribution in [1.29, 1.82) is 0 Å². The van der Waals surface area contributed by atoms with E-state index in [4.69, 9.17) is 0 Å². The molecule has 28 heavy (non-hydrogen) atoms. The van der Waals surface area contributed by atoms with Gasteiger partial charge in [-0.25, -0.2) is 9.18 Å². The Morgan fingerprint density at radius 2 is 1.75 bits per heavy atom. The molecule has 0 fully saturated rings. The average Bonchev–Trinajstić information content (AvgIpc) is 3.04. The van der Waals surface area contributed by atoms with Crippen LogP contribution in [0.1, 0.15) is 32.1 Å². The molecule has 1 aliphatic rings. The lowest BCUT2D eigenvalue weighted by atomic mass is 9.97. The van der Waals surface area contributed by atoms with E-state index in [2.05, 4.69) is 5.10 Å². The third kappa shape index (κ3) is 2.94. The van der Waals surface area contributed by atoms with Crippen molar-refractivity contribution in [3.63, 3.8) is 0 Å². The predicted octanol–water partition coefficient (Wildman–Crippen LogP) is 3.12. The van der Waals surface area contributed by atoms with E-state index in [1.54, 1.807) is 59.1 Å². The van der Waals surface area contributed by atoms with Gasteiger partial charge in [0.25, 0.3) is 5.91 Å². The largest absolute Gasteiger partial charge is 0.476 e. The fraction of sp³-hybridized carbons (Fsp3) is 0.190. The highest BCUT2D eigenvalue weighted by Gasteiger charge is 2.30. The molecule has 1 amide bonds. The number of carboxylic acids is 1. The summed E-state index contributed by atoms with van der Waals surface area (Å²) in [7, 11) is 1.70. The summed E-state index contributed by atoms with van der Waals surface area (Å²) in [6, 6.07) is 13.2. The number of aromatic carboxylic acids is 1. The zero-order valence-electron chi connectivity index (χ0n) is 15.2. The van der Waals surface area contributed by atoms with Crippen LogP contribution in [0, 0.1) is 5.82 Å². The van der Waals surface area contributed by atoms with E-state index in [9.17, 15) is 19.1 Å². The van der Waals surface area contributed by atoms with Crippen molar-refractivity contribution in [3.8, 4) is 11.1 Å². The maximum absolute atomic E-state index is 14.3. The number of carboxylic acid groups (broad SMARTS) is 1. The summed E-state index contributed by atoms with van der Waals surface area (Å²) in [6.07, 6.45) is 0.514. The van der Waals surface area contributed by atoms with Crippen molar-refractivity contribution in [2.75, 3.05) is 6.54 Å². The van der Waals surface area contributed by atoms with Crippen LogP contribution in [0.4, 0.5) is 4.39 Å². The second-order valence-electron chi connectivity index (χ2n) is 6.70. The molecule has 0 saturated heterocycles. The minimum Gasteiger partial charge on any atom is -0.476 e. The number of amides is 1. The first-order chi connectivity index (χ1) is 13.5. The van der Waals surface area contributed by atoms with E-state index in [1.165, 1.54) is 6.07 Å². The molecule has 0 unspecified atom stereocenters. The van der Waals surface area contributed by atoms with Crippen molar-refractivity contribution in [2.24, 2.45) is 7.05 Å². The Kier molecular flexibility index (Phi) is 4.43. The van der Waals surface area contributed by atoms with Gasteiger partial charge in [-0.15, -0.1) is 0 Å². The molecule has 0 aliphatic carbocycles. The Morgan fingerprint density at radius 1 is 1.07 bits per heavy atom. The van der Waals surface area contributed by atoms with Gasteiger partial charge in [0.05, 0.1) is 6.54 Å². The molecule has 0 spiro atoms. The first kappa shape index (κ1) is 17.9. The molecular formula is C21H18FN3O3. The number of nitrogens with zero attached hydrogens (tertiary/aromatic N) is 3. The van der Waals surface area contributed by atoms with Gasteiger partial charge in [0.15, 0.2) is 5.69 Å². The van der Waals surface area contributed by atoms with Gasteiger partial charge >= 0.3 is 5.97 Å². The van der Waals surface area contributed by atoms with Crippen LogP contribution in [0.5, 0.6) is 0 Å². The molecule has 0 saturated carbocycles. The summed E-state index contributed by atoms with van der Waals surface area (Å²) >= 11 is 0. The van der Waals surface area contributed by atoms with Gasteiger partial charge in [0.1, 0.15) is 5.82 Å². The Labute approximate surface area is 160 Å². The highest BCUT2D eigenvalue weighted by atomic mass is 19.1. The third-order valence-corrected chi connectivity index (χ3v) is 5.05. The Hall–Kier alpha value is -3.48. The Balaban J connectivity index is 1.71. The number of rotatable bonds is 3. The van der Waals surface area contributed by atoms with Gasteiger partial charge in [0, 0.05) is 42.4 Å². The van der Waals surface area contributed by atoms with Crippen LogP contribution in [0.3, 0.4) is 0 Å². The standard InChI is InChI=1S/C21H18FN3O3/c1-24-18-10-11-25(12-16(18)19(23-24)21(27)28)20(26)15-8-3-2-6-13(15)14-7-4-5-9-17(14)22/h2-9H,10-12H2,1H3,(H,27,28). The molecule has 2 heterocycles. The molecule has 1 aliphatic heterocycles. The molecule has 4 rings (SSSR count). The SMILES string of the molecule is Cn1nc(C(=O)O)c2c1CCN(C(=O)c1ccccc1-c1ccccc1F)C2.